The average Bonchev–Trinajstić information content (AvgIpc) is 3.56. The Morgan fingerprint density at radius 1 is 1.09 bits per heavy atom. The number of thiophene rings is 1. The molecular weight excluding hydrogens is 420 g/mol. The van der Waals surface area contributed by atoms with Gasteiger partial charge in [0.1, 0.15) is 11.5 Å². The van der Waals surface area contributed by atoms with Crippen molar-refractivity contribution in [2.45, 2.75) is 57.5 Å². The van der Waals surface area contributed by atoms with Crippen molar-refractivity contribution in [3.8, 4) is 0 Å². The first-order chi connectivity index (χ1) is 15.6. The largest absolute Gasteiger partial charge is 0.464 e. The molecule has 1 fully saturated rings. The van der Waals surface area contributed by atoms with E-state index in [1.165, 1.54) is 0 Å². The molecule has 32 heavy (non-hydrogen) atoms. The molecule has 1 unspecified atom stereocenters. The summed E-state index contributed by atoms with van der Waals surface area (Å²) < 4.78 is 5.90. The Bertz CT molecular complexity index is 1010. The van der Waals surface area contributed by atoms with Crippen LogP contribution in [0.3, 0.4) is 0 Å². The van der Waals surface area contributed by atoms with Gasteiger partial charge in [-0.1, -0.05) is 49.2 Å². The van der Waals surface area contributed by atoms with Crippen molar-refractivity contribution in [2.75, 3.05) is 6.54 Å². The third kappa shape index (κ3) is 5.68. The van der Waals surface area contributed by atoms with Crippen LogP contribution in [0, 0.1) is 6.92 Å². The quantitative estimate of drug-likeness (QED) is 0.495. The summed E-state index contributed by atoms with van der Waals surface area (Å²) in [6, 6.07) is 17.0. The molecule has 1 N–H and O–H groups in total. The highest BCUT2D eigenvalue weighted by molar-refractivity contribution is 7.10. The van der Waals surface area contributed by atoms with Crippen molar-refractivity contribution in [2.24, 2.45) is 0 Å². The van der Waals surface area contributed by atoms with E-state index in [-0.39, 0.29) is 24.3 Å². The summed E-state index contributed by atoms with van der Waals surface area (Å²) in [6.07, 6.45) is 5.18. The van der Waals surface area contributed by atoms with Gasteiger partial charge in [0.05, 0.1) is 6.42 Å². The standard InChI is InChI=1S/C26H30N2O3S/c1-19-13-14-23(31-19)25(26(30)27-21-10-5-6-11-21)28(16-15-20-8-3-2-4-9-20)24(29)18-22-12-7-17-32-22/h2-4,7-9,12-14,17,21,25H,5-6,10-11,15-16,18H2,1H3,(H,27,30). The second kappa shape index (κ2) is 10.6. The van der Waals surface area contributed by atoms with Crippen molar-refractivity contribution in [3.05, 3.63) is 81.9 Å². The Morgan fingerprint density at radius 3 is 2.53 bits per heavy atom. The Labute approximate surface area is 193 Å². The number of amides is 2. The lowest BCUT2D eigenvalue weighted by Gasteiger charge is -2.31. The van der Waals surface area contributed by atoms with Gasteiger partial charge >= 0.3 is 0 Å². The van der Waals surface area contributed by atoms with Crippen LogP contribution in [-0.2, 0) is 22.4 Å². The first-order valence-corrected chi connectivity index (χ1v) is 12.2. The summed E-state index contributed by atoms with van der Waals surface area (Å²) in [7, 11) is 0. The molecule has 5 nitrogen and oxygen atoms in total. The lowest BCUT2D eigenvalue weighted by Crippen LogP contribution is -2.47. The Hall–Kier alpha value is -2.86. The van der Waals surface area contributed by atoms with Crippen LogP contribution in [0.5, 0.6) is 0 Å². The van der Waals surface area contributed by atoms with Gasteiger partial charge in [-0.25, -0.2) is 0 Å². The van der Waals surface area contributed by atoms with Crippen LogP contribution in [0.15, 0.2) is 64.4 Å². The maximum absolute atomic E-state index is 13.5. The van der Waals surface area contributed by atoms with Gasteiger partial charge in [0.25, 0.3) is 5.91 Å². The van der Waals surface area contributed by atoms with Crippen molar-refractivity contribution >= 4 is 23.2 Å². The fraction of sp³-hybridized carbons (Fsp3) is 0.385. The molecule has 0 aliphatic heterocycles. The molecule has 1 aromatic carbocycles. The topological polar surface area (TPSA) is 62.6 Å². The van der Waals surface area contributed by atoms with E-state index in [9.17, 15) is 9.59 Å². The Balaban J connectivity index is 1.61. The molecule has 0 saturated heterocycles. The van der Waals surface area contributed by atoms with Gasteiger partial charge in [-0.15, -0.1) is 11.3 Å². The summed E-state index contributed by atoms with van der Waals surface area (Å²) in [5.41, 5.74) is 1.13. The number of hydrogen-bond donors (Lipinski definition) is 1. The zero-order valence-electron chi connectivity index (χ0n) is 18.5. The normalized spacial score (nSPS) is 14.9. The first kappa shape index (κ1) is 22.3. The molecular formula is C26H30N2O3S. The van der Waals surface area contributed by atoms with E-state index in [1.54, 1.807) is 16.2 Å². The summed E-state index contributed by atoms with van der Waals surface area (Å²) in [5, 5.41) is 5.16. The van der Waals surface area contributed by atoms with Crippen LogP contribution >= 0.6 is 11.3 Å². The van der Waals surface area contributed by atoms with Crippen LogP contribution in [0.25, 0.3) is 0 Å². The highest BCUT2D eigenvalue weighted by atomic mass is 32.1. The second-order valence-electron chi connectivity index (χ2n) is 8.42. The number of carbonyl (C=O) groups is 2. The fourth-order valence-electron chi connectivity index (χ4n) is 4.33. The van der Waals surface area contributed by atoms with E-state index in [0.717, 1.165) is 41.9 Å². The molecule has 1 saturated carbocycles. The number of nitrogens with one attached hydrogen (secondary N) is 1. The molecule has 6 heteroatoms. The molecule has 168 valence electrons. The van der Waals surface area contributed by atoms with E-state index >= 15 is 0 Å². The van der Waals surface area contributed by atoms with Gasteiger partial charge < -0.3 is 14.6 Å². The fourth-order valence-corrected chi connectivity index (χ4v) is 5.03. The SMILES string of the molecule is Cc1ccc(C(C(=O)NC2CCCC2)N(CCc2ccccc2)C(=O)Cc2cccs2)o1. The monoisotopic (exact) mass is 450 g/mol. The van der Waals surface area contributed by atoms with Crippen molar-refractivity contribution in [1.29, 1.82) is 0 Å². The predicted octanol–water partition coefficient (Wildman–Crippen LogP) is 5.06. The number of hydrogen-bond acceptors (Lipinski definition) is 4. The van der Waals surface area contributed by atoms with Gasteiger partial charge in [0, 0.05) is 17.5 Å². The average molecular weight is 451 g/mol. The maximum Gasteiger partial charge on any atom is 0.250 e. The number of rotatable bonds is 9. The number of benzene rings is 1. The molecule has 3 aromatic rings. The van der Waals surface area contributed by atoms with E-state index in [4.69, 9.17) is 4.42 Å². The molecule has 0 spiro atoms. The van der Waals surface area contributed by atoms with Crippen LogP contribution in [-0.4, -0.2) is 29.3 Å². The summed E-state index contributed by atoms with van der Waals surface area (Å²) in [5.74, 6) is 1.03. The number of furan rings is 1. The van der Waals surface area contributed by atoms with Crippen molar-refractivity contribution in [1.82, 2.24) is 10.2 Å². The summed E-state index contributed by atoms with van der Waals surface area (Å²) in [6.45, 7) is 2.30. The van der Waals surface area contributed by atoms with E-state index in [1.807, 2.05) is 66.9 Å². The minimum Gasteiger partial charge on any atom is -0.464 e. The van der Waals surface area contributed by atoms with Gasteiger partial charge in [0.15, 0.2) is 6.04 Å². The maximum atomic E-state index is 13.5. The van der Waals surface area contributed by atoms with Gasteiger partial charge in [-0.2, -0.15) is 0 Å². The minimum atomic E-state index is -0.777. The predicted molar refractivity (Wildman–Crippen MR) is 126 cm³/mol. The zero-order valence-corrected chi connectivity index (χ0v) is 19.3. The van der Waals surface area contributed by atoms with Crippen LogP contribution < -0.4 is 5.32 Å². The smallest absolute Gasteiger partial charge is 0.250 e. The lowest BCUT2D eigenvalue weighted by molar-refractivity contribution is -0.141. The van der Waals surface area contributed by atoms with Gasteiger partial charge in [-0.3, -0.25) is 9.59 Å². The van der Waals surface area contributed by atoms with Crippen LogP contribution in [0.1, 0.15) is 53.7 Å². The molecule has 1 aliphatic carbocycles. The molecule has 2 heterocycles. The van der Waals surface area contributed by atoms with E-state index in [0.29, 0.717) is 18.7 Å². The molecule has 2 amide bonds. The van der Waals surface area contributed by atoms with Gasteiger partial charge in [-0.05, 0) is 55.3 Å². The Morgan fingerprint density at radius 2 is 1.88 bits per heavy atom. The van der Waals surface area contributed by atoms with E-state index < -0.39 is 6.04 Å². The molecule has 2 aromatic heterocycles. The third-order valence-corrected chi connectivity index (χ3v) is 6.88. The van der Waals surface area contributed by atoms with E-state index in [2.05, 4.69) is 5.32 Å². The lowest BCUT2D eigenvalue weighted by atomic mass is 10.1. The number of aryl methyl sites for hydroxylation is 1. The third-order valence-electron chi connectivity index (χ3n) is 6.00. The Kier molecular flexibility index (Phi) is 7.43. The van der Waals surface area contributed by atoms with Crippen molar-refractivity contribution in [3.63, 3.8) is 0 Å². The molecule has 0 radical (unpaired) electrons. The van der Waals surface area contributed by atoms with Crippen LogP contribution in [0.4, 0.5) is 0 Å². The molecule has 0 bridgehead atoms. The first-order valence-electron chi connectivity index (χ1n) is 11.3. The number of nitrogens with zero attached hydrogens (tertiary/aromatic N) is 1. The second-order valence-corrected chi connectivity index (χ2v) is 9.45. The van der Waals surface area contributed by atoms with Gasteiger partial charge in [0.2, 0.25) is 5.91 Å². The summed E-state index contributed by atoms with van der Waals surface area (Å²) in [4.78, 5) is 29.7. The van der Waals surface area contributed by atoms with Crippen molar-refractivity contribution < 1.29 is 14.0 Å². The highest BCUT2D eigenvalue weighted by Gasteiger charge is 2.35. The molecule has 1 atom stereocenters. The minimum absolute atomic E-state index is 0.0657. The van der Waals surface area contributed by atoms with Crippen LogP contribution in [0.2, 0.25) is 0 Å². The highest BCUT2D eigenvalue weighted by Crippen LogP contribution is 2.27. The summed E-state index contributed by atoms with van der Waals surface area (Å²) >= 11 is 1.56. The molecule has 4 rings (SSSR count). The zero-order chi connectivity index (χ0) is 22.3. The number of carbonyl (C=O) groups excluding carboxylic acids is 2. The molecule has 1 aliphatic rings.